The highest BCUT2D eigenvalue weighted by Crippen LogP contribution is 2.13. The summed E-state index contributed by atoms with van der Waals surface area (Å²) >= 11 is 0. The van der Waals surface area contributed by atoms with E-state index in [1.807, 2.05) is 0 Å². The molecule has 0 aliphatic carbocycles. The minimum Gasteiger partial charge on any atom is -0.480 e. The van der Waals surface area contributed by atoms with Crippen LogP contribution in [0.4, 0.5) is 0 Å². The fourth-order valence-corrected chi connectivity index (χ4v) is 2.07. The number of carbonyl (C=O) groups excluding carboxylic acids is 1. The van der Waals surface area contributed by atoms with Gasteiger partial charge in [0.25, 0.3) is 5.91 Å². The Morgan fingerprint density at radius 1 is 1.32 bits per heavy atom. The monoisotopic (exact) mass is 285 g/mol. The van der Waals surface area contributed by atoms with Crippen molar-refractivity contribution in [2.45, 2.75) is 17.9 Å². The number of hydrogen-bond donors (Lipinski definition) is 1. The molecule has 1 N–H and O–H groups in total. The van der Waals surface area contributed by atoms with Crippen LogP contribution in [0, 0.1) is 0 Å². The first-order valence-corrected chi connectivity index (χ1v) is 7.34. The van der Waals surface area contributed by atoms with Crippen LogP contribution in [0.2, 0.25) is 0 Å². The molecule has 0 aliphatic rings. The third kappa shape index (κ3) is 3.54. The molecule has 0 radical (unpaired) electrons. The summed E-state index contributed by atoms with van der Waals surface area (Å²) in [5.74, 6) is -1.67. The molecule has 0 fully saturated rings. The summed E-state index contributed by atoms with van der Waals surface area (Å²) in [5.41, 5.74) is 0.138. The predicted octanol–water partition coefficient (Wildman–Crippen LogP) is 0.635. The van der Waals surface area contributed by atoms with Gasteiger partial charge in [-0.2, -0.15) is 0 Å². The van der Waals surface area contributed by atoms with Gasteiger partial charge in [-0.25, -0.2) is 13.2 Å². The fourth-order valence-electron chi connectivity index (χ4n) is 1.40. The Labute approximate surface area is 111 Å². The van der Waals surface area contributed by atoms with Crippen molar-refractivity contribution in [1.82, 2.24) is 4.90 Å². The van der Waals surface area contributed by atoms with Crippen LogP contribution in [0.5, 0.6) is 0 Å². The number of likely N-dealkylation sites (N-methyl/N-ethyl adjacent to an activating group) is 1. The number of hydrogen-bond acceptors (Lipinski definition) is 4. The van der Waals surface area contributed by atoms with Crippen LogP contribution in [0.1, 0.15) is 17.3 Å². The molecule has 0 aliphatic heterocycles. The van der Waals surface area contributed by atoms with Gasteiger partial charge in [0.15, 0.2) is 9.84 Å². The van der Waals surface area contributed by atoms with Gasteiger partial charge in [-0.3, -0.25) is 4.79 Å². The van der Waals surface area contributed by atoms with E-state index in [1.165, 1.54) is 38.2 Å². The topological polar surface area (TPSA) is 91.8 Å². The van der Waals surface area contributed by atoms with E-state index in [1.54, 1.807) is 0 Å². The average molecular weight is 285 g/mol. The number of benzene rings is 1. The van der Waals surface area contributed by atoms with Crippen molar-refractivity contribution in [2.24, 2.45) is 0 Å². The Hall–Kier alpha value is -1.89. The number of carboxylic acid groups (broad SMARTS) is 1. The van der Waals surface area contributed by atoms with Crippen molar-refractivity contribution < 1.29 is 23.1 Å². The van der Waals surface area contributed by atoms with Crippen LogP contribution in [-0.4, -0.2) is 49.6 Å². The van der Waals surface area contributed by atoms with Crippen molar-refractivity contribution in [3.05, 3.63) is 29.8 Å². The first-order chi connectivity index (χ1) is 8.64. The van der Waals surface area contributed by atoms with Crippen LogP contribution in [0.15, 0.2) is 29.2 Å². The minimum atomic E-state index is -3.41. The van der Waals surface area contributed by atoms with E-state index in [2.05, 4.69) is 0 Å². The van der Waals surface area contributed by atoms with Crippen molar-refractivity contribution in [3.63, 3.8) is 0 Å². The Morgan fingerprint density at radius 3 is 2.37 bits per heavy atom. The molecular formula is C12H15NO5S. The smallest absolute Gasteiger partial charge is 0.326 e. The van der Waals surface area contributed by atoms with Crippen molar-refractivity contribution in [2.75, 3.05) is 13.3 Å². The maximum absolute atomic E-state index is 12.0. The highest BCUT2D eigenvalue weighted by Gasteiger charge is 2.23. The lowest BCUT2D eigenvalue weighted by atomic mass is 10.2. The van der Waals surface area contributed by atoms with Gasteiger partial charge in [0, 0.05) is 18.9 Å². The van der Waals surface area contributed by atoms with E-state index in [0.717, 1.165) is 11.2 Å². The summed E-state index contributed by atoms with van der Waals surface area (Å²) < 4.78 is 22.8. The molecule has 1 unspecified atom stereocenters. The molecule has 7 heteroatoms. The van der Waals surface area contributed by atoms with Gasteiger partial charge in [-0.1, -0.05) is 6.07 Å². The Bertz CT molecular complexity index is 608. The zero-order valence-corrected chi connectivity index (χ0v) is 11.6. The number of amides is 1. The molecule has 0 aromatic heterocycles. The lowest BCUT2D eigenvalue weighted by molar-refractivity contribution is -0.141. The van der Waals surface area contributed by atoms with Crippen molar-refractivity contribution in [1.29, 1.82) is 0 Å². The maximum atomic E-state index is 12.0. The number of nitrogens with zero attached hydrogens (tertiary/aromatic N) is 1. The molecule has 0 spiro atoms. The molecule has 6 nitrogen and oxygen atoms in total. The number of carboxylic acids is 1. The Kier molecular flexibility index (Phi) is 4.31. The van der Waals surface area contributed by atoms with E-state index in [9.17, 15) is 18.0 Å². The summed E-state index contributed by atoms with van der Waals surface area (Å²) in [6, 6.07) is 4.52. The average Bonchev–Trinajstić information content (AvgIpc) is 2.35. The molecule has 19 heavy (non-hydrogen) atoms. The highest BCUT2D eigenvalue weighted by atomic mass is 32.2. The van der Waals surface area contributed by atoms with Crippen LogP contribution in [-0.2, 0) is 14.6 Å². The van der Waals surface area contributed by atoms with E-state index in [4.69, 9.17) is 5.11 Å². The van der Waals surface area contributed by atoms with Crippen molar-refractivity contribution in [3.8, 4) is 0 Å². The summed E-state index contributed by atoms with van der Waals surface area (Å²) in [6.45, 7) is 1.38. The quantitative estimate of drug-likeness (QED) is 0.876. The van der Waals surface area contributed by atoms with Gasteiger partial charge >= 0.3 is 5.97 Å². The van der Waals surface area contributed by atoms with Gasteiger partial charge in [0.05, 0.1) is 4.90 Å². The number of carbonyl (C=O) groups is 2. The lowest BCUT2D eigenvalue weighted by Crippen LogP contribution is -2.40. The van der Waals surface area contributed by atoms with Gasteiger partial charge < -0.3 is 10.0 Å². The molecule has 1 rings (SSSR count). The number of aliphatic carboxylic acids is 1. The van der Waals surface area contributed by atoms with E-state index in [-0.39, 0.29) is 10.5 Å². The fraction of sp³-hybridized carbons (Fsp3) is 0.333. The van der Waals surface area contributed by atoms with E-state index in [0.29, 0.717) is 0 Å². The standard InChI is InChI=1S/C12H15NO5S/c1-8(12(15)16)13(2)11(14)9-5-4-6-10(7-9)19(3,17)18/h4-8H,1-3H3,(H,15,16). The molecule has 0 heterocycles. The summed E-state index contributed by atoms with van der Waals surface area (Å²) in [7, 11) is -2.05. The van der Waals surface area contributed by atoms with E-state index < -0.39 is 27.8 Å². The maximum Gasteiger partial charge on any atom is 0.326 e. The van der Waals surface area contributed by atoms with Gasteiger partial charge in [-0.15, -0.1) is 0 Å². The zero-order chi connectivity index (χ0) is 14.8. The molecule has 1 aromatic rings. The second-order valence-corrected chi connectivity index (χ2v) is 6.25. The van der Waals surface area contributed by atoms with Gasteiger partial charge in [0.2, 0.25) is 0 Å². The first-order valence-electron chi connectivity index (χ1n) is 5.44. The van der Waals surface area contributed by atoms with E-state index >= 15 is 0 Å². The number of sulfone groups is 1. The third-order valence-electron chi connectivity index (χ3n) is 2.77. The molecule has 104 valence electrons. The molecule has 0 saturated carbocycles. The normalized spacial score (nSPS) is 12.8. The van der Waals surface area contributed by atoms with Crippen molar-refractivity contribution >= 4 is 21.7 Å². The molecule has 1 atom stereocenters. The van der Waals surface area contributed by atoms with Gasteiger partial charge in [-0.05, 0) is 25.1 Å². The minimum absolute atomic E-state index is 0.0229. The Morgan fingerprint density at radius 2 is 1.89 bits per heavy atom. The summed E-state index contributed by atoms with van der Waals surface area (Å²) in [6.07, 6.45) is 1.04. The van der Waals surface area contributed by atoms with Crippen LogP contribution < -0.4 is 0 Å². The van der Waals surface area contributed by atoms with Crippen LogP contribution in [0.3, 0.4) is 0 Å². The molecule has 1 aromatic carbocycles. The molecular weight excluding hydrogens is 270 g/mol. The molecule has 0 bridgehead atoms. The number of rotatable bonds is 4. The Balaban J connectivity index is 3.11. The SMILES string of the molecule is CC(C(=O)O)N(C)C(=O)c1cccc(S(C)(=O)=O)c1. The largest absolute Gasteiger partial charge is 0.480 e. The summed E-state index contributed by atoms with van der Waals surface area (Å²) in [5, 5.41) is 8.84. The predicted molar refractivity (Wildman–Crippen MR) is 68.7 cm³/mol. The first kappa shape index (κ1) is 15.2. The van der Waals surface area contributed by atoms with Crippen LogP contribution in [0.25, 0.3) is 0 Å². The van der Waals surface area contributed by atoms with Gasteiger partial charge in [0.1, 0.15) is 6.04 Å². The molecule has 1 amide bonds. The third-order valence-corrected chi connectivity index (χ3v) is 3.88. The highest BCUT2D eigenvalue weighted by molar-refractivity contribution is 7.90. The second-order valence-electron chi connectivity index (χ2n) is 4.23. The molecule has 0 saturated heterocycles. The second kappa shape index (κ2) is 5.40. The summed E-state index contributed by atoms with van der Waals surface area (Å²) in [4.78, 5) is 23.9. The zero-order valence-electron chi connectivity index (χ0n) is 10.8. The van der Waals surface area contributed by atoms with Crippen LogP contribution >= 0.6 is 0 Å². The lowest BCUT2D eigenvalue weighted by Gasteiger charge is -2.21.